The maximum atomic E-state index is 14.1. The molecule has 0 aliphatic carbocycles. The van der Waals surface area contributed by atoms with Crippen LogP contribution in [0.1, 0.15) is 56.9 Å². The van der Waals surface area contributed by atoms with E-state index in [1.807, 2.05) is 6.26 Å². The van der Waals surface area contributed by atoms with E-state index in [-0.39, 0.29) is 70.0 Å². The highest BCUT2D eigenvalue weighted by Crippen LogP contribution is 2.10. The number of thioether (sulfide) groups is 1. The number of likely N-dealkylation sites (N-methyl/N-ethyl adjacent to an activating group) is 1. The molecule has 1 aromatic rings. The molecule has 6 atom stereocenters. The maximum absolute atomic E-state index is 14.1. The topological polar surface area (TPSA) is 404 Å². The van der Waals surface area contributed by atoms with Gasteiger partial charge in [0.2, 0.25) is 35.4 Å². The second kappa shape index (κ2) is 28.3. The van der Waals surface area contributed by atoms with E-state index in [0.29, 0.717) is 11.3 Å². The average Bonchev–Trinajstić information content (AvgIpc) is 3.17. The molecule has 60 heavy (non-hydrogen) atoms. The molecule has 24 heteroatoms. The van der Waals surface area contributed by atoms with Crippen LogP contribution in [-0.4, -0.2) is 138 Å². The number of nitrogens with zero attached hydrogens (tertiary/aromatic N) is 2. The van der Waals surface area contributed by atoms with Crippen molar-refractivity contribution in [3.05, 3.63) is 35.9 Å². The zero-order valence-corrected chi connectivity index (χ0v) is 34.5. The number of primary amides is 1. The first kappa shape index (κ1) is 51.8. The minimum atomic E-state index is -1.72. The smallest absolute Gasteiger partial charge is 0.305 e. The van der Waals surface area contributed by atoms with Crippen LogP contribution in [0.2, 0.25) is 0 Å². The molecule has 0 saturated heterocycles. The molecule has 0 aliphatic heterocycles. The molecule has 1 rings (SSSR count). The molecule has 0 radical (unpaired) electrons. The number of rotatable bonds is 30. The van der Waals surface area contributed by atoms with Gasteiger partial charge in [-0.1, -0.05) is 30.3 Å². The molecule has 334 valence electrons. The lowest BCUT2D eigenvalue weighted by Gasteiger charge is -2.27. The second-order valence-electron chi connectivity index (χ2n) is 13.4. The molecule has 18 N–H and O–H groups in total. The van der Waals surface area contributed by atoms with Crippen molar-refractivity contribution in [2.45, 2.75) is 94.0 Å². The minimum Gasteiger partial charge on any atom is -0.481 e. The fraction of sp³-hybridized carbons (Fsp3) is 0.556. The Kier molecular flexibility index (Phi) is 24.4. The van der Waals surface area contributed by atoms with Crippen molar-refractivity contribution < 1.29 is 48.6 Å². The Bertz CT molecular complexity index is 1660. The summed E-state index contributed by atoms with van der Waals surface area (Å²) in [6, 6.07) is 0.566. The van der Waals surface area contributed by atoms with E-state index in [4.69, 9.17) is 33.8 Å². The molecule has 0 spiro atoms. The second-order valence-corrected chi connectivity index (χ2v) is 14.4. The third-order valence-corrected chi connectivity index (χ3v) is 9.31. The lowest BCUT2D eigenvalue weighted by molar-refractivity contribution is -0.141. The number of nitrogens with two attached hydrogens (primary N) is 5. The summed E-state index contributed by atoms with van der Waals surface area (Å²) >= 11 is 1.43. The van der Waals surface area contributed by atoms with Crippen LogP contribution in [-0.2, 0) is 44.8 Å². The van der Waals surface area contributed by atoms with Crippen LogP contribution in [0.3, 0.4) is 0 Å². The number of amides is 6. The predicted octanol–water partition coefficient (Wildman–Crippen LogP) is -4.07. The van der Waals surface area contributed by atoms with Gasteiger partial charge in [0.15, 0.2) is 11.9 Å². The number of hydrogen-bond donors (Lipinski definition) is 13. The first-order chi connectivity index (χ1) is 28.4. The van der Waals surface area contributed by atoms with E-state index >= 15 is 0 Å². The van der Waals surface area contributed by atoms with Crippen LogP contribution in [0.25, 0.3) is 0 Å². The summed E-state index contributed by atoms with van der Waals surface area (Å²) in [4.78, 5) is 111. The number of aliphatic carboxylic acids is 2. The van der Waals surface area contributed by atoms with Crippen molar-refractivity contribution in [2.24, 2.45) is 38.7 Å². The summed E-state index contributed by atoms with van der Waals surface area (Å²) in [5.74, 6) is -7.77. The van der Waals surface area contributed by atoms with E-state index in [1.165, 1.54) is 18.8 Å². The van der Waals surface area contributed by atoms with E-state index in [9.17, 15) is 43.5 Å². The number of carbonyl (C=O) groups is 8. The lowest BCUT2D eigenvalue weighted by Crippen LogP contribution is -2.60. The number of carboxylic acid groups (broad SMARTS) is 2. The Labute approximate surface area is 351 Å². The fourth-order valence-electron chi connectivity index (χ4n) is 5.54. The van der Waals surface area contributed by atoms with Gasteiger partial charge in [-0.05, 0) is 63.1 Å². The van der Waals surface area contributed by atoms with Gasteiger partial charge in [0.05, 0.1) is 12.5 Å². The summed E-state index contributed by atoms with van der Waals surface area (Å²) in [6.07, 6.45) is 0.617. The van der Waals surface area contributed by atoms with Gasteiger partial charge in [0, 0.05) is 25.9 Å². The third-order valence-electron chi connectivity index (χ3n) is 8.67. The van der Waals surface area contributed by atoms with Crippen molar-refractivity contribution in [2.75, 3.05) is 32.1 Å². The van der Waals surface area contributed by atoms with Gasteiger partial charge in [-0.3, -0.25) is 48.3 Å². The van der Waals surface area contributed by atoms with Crippen molar-refractivity contribution in [3.63, 3.8) is 0 Å². The summed E-state index contributed by atoms with van der Waals surface area (Å²) in [6.45, 7) is 0.110. The van der Waals surface area contributed by atoms with E-state index < -0.39 is 96.5 Å². The maximum Gasteiger partial charge on any atom is 0.305 e. The molecular weight excluding hydrogens is 807 g/mol. The lowest BCUT2D eigenvalue weighted by atomic mass is 10.0. The first-order valence-corrected chi connectivity index (χ1v) is 20.3. The fourth-order valence-corrected chi connectivity index (χ4v) is 6.02. The Morgan fingerprint density at radius 3 is 1.50 bits per heavy atom. The molecule has 0 heterocycles. The van der Waals surface area contributed by atoms with Crippen LogP contribution < -0.4 is 60.6 Å². The molecule has 0 fully saturated rings. The first-order valence-electron chi connectivity index (χ1n) is 18.9. The van der Waals surface area contributed by atoms with E-state index in [1.54, 1.807) is 30.3 Å². The summed E-state index contributed by atoms with van der Waals surface area (Å²) in [5, 5.41) is 33.8. The van der Waals surface area contributed by atoms with Gasteiger partial charge in [-0.2, -0.15) is 11.8 Å². The SMILES string of the molecule is CN[C@@H](CCC(=O)O)C(=O)N[C@@H](CC(=O)O)C(=O)N[C@@H](CCCN=C(N)N)C(=O)N[C@@H](Cc1ccccc1)C(=O)N[C@@H](CCCN=C(N)N)C(=O)N[C@@H](CCSC)C(N)=O. The quantitative estimate of drug-likeness (QED) is 0.0199. The number of carbonyl (C=O) groups excluding carboxylic acids is 6. The van der Waals surface area contributed by atoms with Gasteiger partial charge in [-0.25, -0.2) is 0 Å². The van der Waals surface area contributed by atoms with Crippen LogP contribution >= 0.6 is 11.8 Å². The van der Waals surface area contributed by atoms with Crippen molar-refractivity contribution in [1.29, 1.82) is 0 Å². The molecule has 1 aromatic carbocycles. The van der Waals surface area contributed by atoms with Crippen molar-refractivity contribution in [3.8, 4) is 0 Å². The van der Waals surface area contributed by atoms with Gasteiger partial charge >= 0.3 is 11.9 Å². The van der Waals surface area contributed by atoms with Crippen LogP contribution in [0, 0.1) is 0 Å². The highest BCUT2D eigenvalue weighted by molar-refractivity contribution is 7.98. The van der Waals surface area contributed by atoms with Gasteiger partial charge in [-0.15, -0.1) is 0 Å². The van der Waals surface area contributed by atoms with Crippen LogP contribution in [0.15, 0.2) is 40.3 Å². The minimum absolute atomic E-state index is 0.000752. The number of nitrogens with one attached hydrogen (secondary N) is 6. The molecule has 0 aliphatic rings. The number of guanidine groups is 2. The number of carboxylic acids is 2. The standard InChI is InChI=1S/C36H59N13O10S/c1-42-22(12-13-27(50)51)30(55)49-26(19-28(52)53)34(59)47-24(11-7-16-44-36(40)41)32(57)48-25(18-20-8-4-3-5-9-20)33(58)46-23(10-6-15-43-35(38)39)31(56)45-21(29(37)54)14-17-60-2/h3-5,8-9,21-26,42H,6-7,10-19H2,1-2H3,(H2,37,54)(H,45,56)(H,46,58)(H,47,59)(H,48,57)(H,49,55)(H,50,51)(H,52,53)(H4,38,39,43)(H4,40,41,44)/t21-,22-,23-,24-,25-,26-/m0/s1. The Morgan fingerprint density at radius 1 is 0.600 bits per heavy atom. The Morgan fingerprint density at radius 2 is 1.05 bits per heavy atom. The molecule has 6 amide bonds. The van der Waals surface area contributed by atoms with Gasteiger partial charge in [0.1, 0.15) is 30.2 Å². The zero-order valence-electron chi connectivity index (χ0n) is 33.7. The normalized spacial score (nSPS) is 13.7. The molecule has 0 saturated carbocycles. The number of benzene rings is 1. The van der Waals surface area contributed by atoms with Crippen LogP contribution in [0.4, 0.5) is 0 Å². The summed E-state index contributed by atoms with van der Waals surface area (Å²) in [5.41, 5.74) is 27.9. The average molecular weight is 866 g/mol. The van der Waals surface area contributed by atoms with Crippen LogP contribution in [0.5, 0.6) is 0 Å². The summed E-state index contributed by atoms with van der Waals surface area (Å²) in [7, 11) is 1.38. The number of aliphatic imine (C=N–C) groups is 2. The highest BCUT2D eigenvalue weighted by atomic mass is 32.2. The molecule has 0 bridgehead atoms. The van der Waals surface area contributed by atoms with Gasteiger partial charge in [0.25, 0.3) is 0 Å². The number of hydrogen-bond acceptors (Lipinski definition) is 12. The van der Waals surface area contributed by atoms with Crippen molar-refractivity contribution >= 4 is 71.1 Å². The molecule has 23 nitrogen and oxygen atoms in total. The molecule has 0 aromatic heterocycles. The molecular formula is C36H59N13O10S. The summed E-state index contributed by atoms with van der Waals surface area (Å²) < 4.78 is 0. The molecule has 0 unspecified atom stereocenters. The Hall–Kier alpha value is -6.17. The Balaban J connectivity index is 3.53. The van der Waals surface area contributed by atoms with E-state index in [0.717, 1.165) is 0 Å². The zero-order chi connectivity index (χ0) is 45.2. The van der Waals surface area contributed by atoms with Crippen molar-refractivity contribution in [1.82, 2.24) is 31.9 Å². The third kappa shape index (κ3) is 21.5. The largest absolute Gasteiger partial charge is 0.481 e. The predicted molar refractivity (Wildman–Crippen MR) is 224 cm³/mol. The van der Waals surface area contributed by atoms with Gasteiger partial charge < -0.3 is 70.8 Å². The van der Waals surface area contributed by atoms with E-state index in [2.05, 4.69) is 41.9 Å². The monoisotopic (exact) mass is 865 g/mol. The highest BCUT2D eigenvalue weighted by Gasteiger charge is 2.33.